The highest BCUT2D eigenvalue weighted by Crippen LogP contribution is 2.38. The molecule has 2 aromatic heterocycles. The third-order valence-corrected chi connectivity index (χ3v) is 10.2. The van der Waals surface area contributed by atoms with Crippen molar-refractivity contribution in [1.82, 2.24) is 24.0 Å². The van der Waals surface area contributed by atoms with E-state index >= 15 is 0 Å². The zero-order valence-electron chi connectivity index (χ0n) is 25.0. The number of aromatic amines is 1. The lowest BCUT2D eigenvalue weighted by atomic mass is 9.98. The van der Waals surface area contributed by atoms with Gasteiger partial charge in [0.15, 0.2) is 0 Å². The molecule has 3 heterocycles. The fourth-order valence-corrected chi connectivity index (χ4v) is 7.57. The molecule has 238 valence electrons. The molecule has 1 atom stereocenters. The summed E-state index contributed by atoms with van der Waals surface area (Å²) in [5.74, 6) is -3.58. The maximum atomic E-state index is 14.1. The molecule has 3 aromatic carbocycles. The summed E-state index contributed by atoms with van der Waals surface area (Å²) < 4.78 is 89.0. The van der Waals surface area contributed by atoms with Crippen LogP contribution in [0.5, 0.6) is 5.75 Å². The van der Waals surface area contributed by atoms with Crippen LogP contribution in [0, 0.1) is 13.8 Å². The number of halogens is 4. The number of hydrogen-bond acceptors (Lipinski definition) is 6. The van der Waals surface area contributed by atoms with Crippen LogP contribution in [0.15, 0.2) is 71.9 Å². The van der Waals surface area contributed by atoms with E-state index in [9.17, 15) is 26.0 Å². The van der Waals surface area contributed by atoms with Gasteiger partial charge in [-0.2, -0.15) is 13.9 Å². The molecule has 0 spiro atoms. The molecule has 0 bridgehead atoms. The lowest BCUT2D eigenvalue weighted by molar-refractivity contribution is -0.147. The number of fused-ring (bicyclic) bond motifs is 2. The van der Waals surface area contributed by atoms with Gasteiger partial charge in [0.05, 0.1) is 35.8 Å². The van der Waals surface area contributed by atoms with Gasteiger partial charge in [0.2, 0.25) is 0 Å². The topological polar surface area (TPSA) is 83.5 Å². The molecule has 1 aliphatic rings. The van der Waals surface area contributed by atoms with Crippen LogP contribution < -0.4 is 4.74 Å². The molecule has 0 saturated carbocycles. The molecule has 1 N–H and O–H groups in total. The normalized spacial score (nSPS) is 17.1. The van der Waals surface area contributed by atoms with E-state index in [0.717, 1.165) is 27.6 Å². The largest absolute Gasteiger partial charge is 0.496 e. The third kappa shape index (κ3) is 5.80. The molecule has 1 aliphatic heterocycles. The number of ether oxygens (including phenoxy) is 1. The zero-order chi connectivity index (χ0) is 32.1. The van der Waals surface area contributed by atoms with E-state index in [1.807, 2.05) is 32.0 Å². The first-order valence-electron chi connectivity index (χ1n) is 14.4. The van der Waals surface area contributed by atoms with Crippen molar-refractivity contribution in [3.8, 4) is 5.75 Å². The van der Waals surface area contributed by atoms with Crippen molar-refractivity contribution >= 4 is 31.8 Å². The molecule has 1 fully saturated rings. The van der Waals surface area contributed by atoms with Gasteiger partial charge in [0.1, 0.15) is 5.75 Å². The Labute approximate surface area is 258 Å². The van der Waals surface area contributed by atoms with E-state index in [1.54, 1.807) is 49.7 Å². The molecular weight excluding hydrogens is 610 g/mol. The van der Waals surface area contributed by atoms with Gasteiger partial charge in [0, 0.05) is 54.8 Å². The quantitative estimate of drug-likeness (QED) is 0.195. The minimum atomic E-state index is -4.14. The Morgan fingerprint density at radius 3 is 2.53 bits per heavy atom. The van der Waals surface area contributed by atoms with Crippen LogP contribution in [-0.2, 0) is 16.6 Å². The molecule has 6 rings (SSSR count). The second-order valence-corrected chi connectivity index (χ2v) is 13.4. The predicted octanol–water partition coefficient (Wildman–Crippen LogP) is 6.14. The summed E-state index contributed by atoms with van der Waals surface area (Å²) in [6.45, 7) is 3.48. The fraction of sp³-hybridized carbons (Fsp3) is 0.344. The van der Waals surface area contributed by atoms with E-state index in [4.69, 9.17) is 4.74 Å². The van der Waals surface area contributed by atoms with Gasteiger partial charge in [-0.05, 0) is 61.4 Å². The van der Waals surface area contributed by atoms with Crippen molar-refractivity contribution in [3.05, 3.63) is 89.2 Å². The Balaban J connectivity index is 1.41. The molecular formula is C32H33F4N5O3S. The summed E-state index contributed by atoms with van der Waals surface area (Å²) in [4.78, 5) is 3.63. The smallest absolute Gasteiger partial charge is 0.319 e. The Kier molecular flexibility index (Phi) is 8.12. The van der Waals surface area contributed by atoms with E-state index in [-0.39, 0.29) is 18.0 Å². The van der Waals surface area contributed by atoms with Gasteiger partial charge in [-0.15, -0.1) is 0 Å². The maximum Gasteiger partial charge on any atom is 0.319 e. The Bertz CT molecular complexity index is 1960. The molecule has 0 amide bonds. The fourth-order valence-electron chi connectivity index (χ4n) is 6.16. The standard InChI is InChI=1S/C32H33F4N5O3S/c1-20-4-7-24(8-5-20)45(42,43)41-11-10-25-26(29(44-3)14-21(2)30(25)41)17-40-13-12-39(19-32(35,36)31(33)34)18-28(40)22-6-9-27-23(15-22)16-37-38-27/h4-11,14-16,28,31H,12-13,17-19H2,1-3H3,(H,37,38). The van der Waals surface area contributed by atoms with Gasteiger partial charge in [-0.1, -0.05) is 23.8 Å². The van der Waals surface area contributed by atoms with Gasteiger partial charge in [-0.3, -0.25) is 14.9 Å². The van der Waals surface area contributed by atoms with Crippen LogP contribution >= 0.6 is 0 Å². The molecule has 45 heavy (non-hydrogen) atoms. The van der Waals surface area contributed by atoms with Crippen LogP contribution in [0.3, 0.4) is 0 Å². The van der Waals surface area contributed by atoms with Gasteiger partial charge >= 0.3 is 12.3 Å². The van der Waals surface area contributed by atoms with Crippen LogP contribution in [0.2, 0.25) is 0 Å². The van der Waals surface area contributed by atoms with E-state index in [2.05, 4.69) is 15.1 Å². The molecule has 5 aromatic rings. The minimum Gasteiger partial charge on any atom is -0.496 e. The predicted molar refractivity (Wildman–Crippen MR) is 164 cm³/mol. The zero-order valence-corrected chi connectivity index (χ0v) is 25.8. The summed E-state index contributed by atoms with van der Waals surface area (Å²) in [6.07, 6.45) is -0.565. The van der Waals surface area contributed by atoms with Crippen molar-refractivity contribution in [3.63, 3.8) is 0 Å². The Morgan fingerprint density at radius 2 is 1.82 bits per heavy atom. The van der Waals surface area contributed by atoms with Crippen molar-refractivity contribution < 1.29 is 30.7 Å². The monoisotopic (exact) mass is 643 g/mol. The van der Waals surface area contributed by atoms with Crippen molar-refractivity contribution in [2.45, 2.75) is 43.7 Å². The summed E-state index contributed by atoms with van der Waals surface area (Å²) in [5.41, 5.74) is 4.51. The first-order chi connectivity index (χ1) is 21.4. The highest BCUT2D eigenvalue weighted by atomic mass is 32.2. The number of alkyl halides is 4. The highest BCUT2D eigenvalue weighted by Gasteiger charge is 2.44. The number of aromatic nitrogens is 3. The van der Waals surface area contributed by atoms with E-state index in [1.165, 1.54) is 15.1 Å². The Hall–Kier alpha value is -3.94. The number of nitrogens with one attached hydrogen (secondary N) is 1. The number of H-pyrrole nitrogens is 1. The summed E-state index contributed by atoms with van der Waals surface area (Å²) >= 11 is 0. The van der Waals surface area contributed by atoms with Crippen LogP contribution in [0.4, 0.5) is 17.6 Å². The maximum absolute atomic E-state index is 14.1. The minimum absolute atomic E-state index is 0.0891. The van der Waals surface area contributed by atoms with Crippen LogP contribution in [0.1, 0.15) is 28.3 Å². The number of piperazine rings is 1. The first-order valence-corrected chi connectivity index (χ1v) is 15.9. The number of aryl methyl sites for hydroxylation is 2. The van der Waals surface area contributed by atoms with Crippen molar-refractivity contribution in [2.24, 2.45) is 0 Å². The van der Waals surface area contributed by atoms with Gasteiger partial charge in [-0.25, -0.2) is 21.2 Å². The molecule has 1 saturated heterocycles. The van der Waals surface area contributed by atoms with Gasteiger partial charge in [0.25, 0.3) is 10.0 Å². The molecule has 1 unspecified atom stereocenters. The van der Waals surface area contributed by atoms with E-state index < -0.39 is 35.0 Å². The number of benzene rings is 3. The SMILES string of the molecule is COc1cc(C)c2c(ccn2S(=O)(=O)c2ccc(C)cc2)c1CN1CCN(CC(F)(F)C(F)F)CC1c1ccc2[nH]ncc2c1. The average molecular weight is 644 g/mol. The average Bonchev–Trinajstić information content (AvgIpc) is 3.67. The molecule has 8 nitrogen and oxygen atoms in total. The van der Waals surface area contributed by atoms with E-state index in [0.29, 0.717) is 35.3 Å². The lowest BCUT2D eigenvalue weighted by Gasteiger charge is -2.42. The number of hydrogen-bond donors (Lipinski definition) is 1. The number of methoxy groups -OCH3 is 1. The van der Waals surface area contributed by atoms with Crippen LogP contribution in [0.25, 0.3) is 21.8 Å². The summed E-state index contributed by atoms with van der Waals surface area (Å²) in [6, 6.07) is 15.4. The summed E-state index contributed by atoms with van der Waals surface area (Å²) in [7, 11) is -2.38. The summed E-state index contributed by atoms with van der Waals surface area (Å²) in [5, 5.41) is 8.48. The van der Waals surface area contributed by atoms with Gasteiger partial charge < -0.3 is 4.74 Å². The number of rotatable bonds is 9. The second kappa shape index (κ2) is 11.8. The lowest BCUT2D eigenvalue weighted by Crippen LogP contribution is -2.52. The molecule has 13 heteroatoms. The number of nitrogens with zero attached hydrogens (tertiary/aromatic N) is 4. The highest BCUT2D eigenvalue weighted by molar-refractivity contribution is 7.90. The second-order valence-electron chi connectivity index (χ2n) is 11.6. The third-order valence-electron chi connectivity index (χ3n) is 8.53. The van der Waals surface area contributed by atoms with Crippen molar-refractivity contribution in [1.29, 1.82) is 0 Å². The van der Waals surface area contributed by atoms with Crippen LogP contribution in [-0.4, -0.2) is 78.0 Å². The Morgan fingerprint density at radius 1 is 1.07 bits per heavy atom. The molecule has 0 aliphatic carbocycles. The first kappa shape index (κ1) is 31.1. The molecule has 0 radical (unpaired) electrons. The van der Waals surface area contributed by atoms with Crippen molar-refractivity contribution in [2.75, 3.05) is 33.3 Å².